The van der Waals surface area contributed by atoms with E-state index in [9.17, 15) is 0 Å². The smallest absolute Gasteiger partial charge is 0.0921 e. The van der Waals surface area contributed by atoms with Crippen molar-refractivity contribution in [1.82, 2.24) is 19.9 Å². The molecule has 2 rings (SSSR count). The molecule has 5 heteroatoms. The van der Waals surface area contributed by atoms with Crippen LogP contribution in [-0.4, -0.2) is 33.1 Å². The van der Waals surface area contributed by atoms with Gasteiger partial charge in [0.15, 0.2) is 0 Å². The number of hydrogen-bond acceptors (Lipinski definition) is 3. The molecule has 0 saturated carbocycles. The molecule has 2 unspecified atom stereocenters. The third-order valence-corrected chi connectivity index (χ3v) is 3.88. The van der Waals surface area contributed by atoms with Crippen LogP contribution in [0, 0.1) is 0 Å². The first kappa shape index (κ1) is 17.2. The summed E-state index contributed by atoms with van der Waals surface area (Å²) in [5.74, 6) is 0.753. The van der Waals surface area contributed by atoms with Crippen molar-refractivity contribution in [3.05, 3.63) is 60.7 Å². The minimum atomic E-state index is 0.376. The van der Waals surface area contributed by atoms with Crippen molar-refractivity contribution in [2.75, 3.05) is 13.2 Å². The summed E-state index contributed by atoms with van der Waals surface area (Å²) in [7, 11) is 0. The summed E-state index contributed by atoms with van der Waals surface area (Å²) in [6.45, 7) is 5.57. The number of ether oxygens (including phenoxy) is 1. The number of rotatable bonds is 10. The Bertz CT molecular complexity index is 520. The van der Waals surface area contributed by atoms with E-state index in [-0.39, 0.29) is 0 Å². The summed E-state index contributed by atoms with van der Waals surface area (Å²) in [6.07, 6.45) is 17.8. The molecule has 23 heavy (non-hydrogen) atoms. The molecule has 0 aliphatic carbocycles. The maximum absolute atomic E-state index is 5.63. The number of hydrogen-bond donors (Lipinski definition) is 2. The third-order valence-electron chi connectivity index (χ3n) is 3.88. The fourth-order valence-corrected chi connectivity index (χ4v) is 2.50. The molecule has 0 amide bonds. The Kier molecular flexibility index (Phi) is 7.33. The molecule has 2 aromatic rings. The number of H-pyrrole nitrogens is 2. The van der Waals surface area contributed by atoms with E-state index in [1.807, 2.05) is 12.4 Å². The fourth-order valence-electron chi connectivity index (χ4n) is 2.50. The van der Waals surface area contributed by atoms with E-state index in [0.717, 1.165) is 24.2 Å². The molecule has 0 spiro atoms. The van der Waals surface area contributed by atoms with Crippen LogP contribution in [0.3, 0.4) is 0 Å². The number of imidazole rings is 2. The van der Waals surface area contributed by atoms with Crippen molar-refractivity contribution >= 4 is 0 Å². The monoisotopic (exact) mass is 314 g/mol. The van der Waals surface area contributed by atoms with Gasteiger partial charge in [0.25, 0.3) is 0 Å². The van der Waals surface area contributed by atoms with E-state index in [1.165, 1.54) is 0 Å². The van der Waals surface area contributed by atoms with Crippen LogP contribution in [0.25, 0.3) is 0 Å². The highest BCUT2D eigenvalue weighted by atomic mass is 16.5. The van der Waals surface area contributed by atoms with Crippen LogP contribution in [0.15, 0.2) is 49.4 Å². The van der Waals surface area contributed by atoms with Gasteiger partial charge in [0.1, 0.15) is 0 Å². The molecule has 2 heterocycles. The Morgan fingerprint density at radius 2 is 1.39 bits per heavy atom. The Balaban J connectivity index is 1.68. The first-order chi connectivity index (χ1) is 11.3. The van der Waals surface area contributed by atoms with E-state index in [4.69, 9.17) is 4.74 Å². The normalized spacial score (nSPS) is 14.7. The Labute approximate surface area is 137 Å². The highest BCUT2D eigenvalue weighted by Gasteiger charge is 2.06. The van der Waals surface area contributed by atoms with Gasteiger partial charge >= 0.3 is 0 Å². The summed E-state index contributed by atoms with van der Waals surface area (Å²) >= 11 is 0. The highest BCUT2D eigenvalue weighted by molar-refractivity contribution is 5.12. The van der Waals surface area contributed by atoms with Gasteiger partial charge in [-0.1, -0.05) is 38.2 Å². The van der Waals surface area contributed by atoms with Crippen molar-refractivity contribution in [1.29, 1.82) is 0 Å². The lowest BCUT2D eigenvalue weighted by atomic mass is 10.0. The minimum Gasteiger partial charge on any atom is -0.373 e. The van der Waals surface area contributed by atoms with Gasteiger partial charge in [-0.3, -0.25) is 0 Å². The first-order valence-electron chi connectivity index (χ1n) is 8.22. The molecule has 2 atom stereocenters. The van der Waals surface area contributed by atoms with Crippen molar-refractivity contribution in [2.45, 2.75) is 38.5 Å². The van der Waals surface area contributed by atoms with Crippen molar-refractivity contribution in [2.24, 2.45) is 0 Å². The van der Waals surface area contributed by atoms with Crippen LogP contribution in [0.1, 0.15) is 49.9 Å². The molecule has 5 nitrogen and oxygen atoms in total. The van der Waals surface area contributed by atoms with E-state index in [2.05, 4.69) is 58.1 Å². The Morgan fingerprint density at radius 3 is 1.74 bits per heavy atom. The van der Waals surface area contributed by atoms with Gasteiger partial charge in [0.2, 0.25) is 0 Å². The topological polar surface area (TPSA) is 66.6 Å². The molecule has 0 saturated heterocycles. The lowest BCUT2D eigenvalue weighted by molar-refractivity contribution is 0.193. The van der Waals surface area contributed by atoms with Crippen molar-refractivity contribution in [3.8, 4) is 0 Å². The second-order valence-electron chi connectivity index (χ2n) is 5.44. The summed E-state index contributed by atoms with van der Waals surface area (Å²) in [6, 6.07) is 0. The SMILES string of the molecule is CCC(/C=C/COC/C=C/C(CC)c1cnc[nH]1)c1cnc[nH]1. The molecule has 124 valence electrons. The van der Waals surface area contributed by atoms with Crippen LogP contribution in [0.5, 0.6) is 0 Å². The second kappa shape index (κ2) is 9.79. The van der Waals surface area contributed by atoms with Crippen molar-refractivity contribution in [3.63, 3.8) is 0 Å². The van der Waals surface area contributed by atoms with Crippen LogP contribution >= 0.6 is 0 Å². The van der Waals surface area contributed by atoms with Crippen LogP contribution in [0.4, 0.5) is 0 Å². The predicted octanol–water partition coefficient (Wildman–Crippen LogP) is 3.95. The average molecular weight is 314 g/mol. The molecule has 0 aromatic carbocycles. The van der Waals surface area contributed by atoms with Gasteiger partial charge in [-0.25, -0.2) is 9.97 Å². The van der Waals surface area contributed by atoms with E-state index < -0.39 is 0 Å². The average Bonchev–Trinajstić information content (AvgIpc) is 3.27. The number of aromatic nitrogens is 4. The standard InChI is InChI=1S/C18H26N4O/c1-3-15(17-11-19-13-21-17)7-5-9-23-10-6-8-16(4-2)18-12-20-14-22-18/h5-8,11-16H,3-4,9-10H2,1-2H3,(H,19,21)(H,20,22)/b7-5+,8-6+. The molecular formula is C18H26N4O. The van der Waals surface area contributed by atoms with Crippen LogP contribution < -0.4 is 0 Å². The molecule has 2 N–H and O–H groups in total. The molecule has 0 radical (unpaired) electrons. The number of aromatic amines is 2. The number of nitrogens with zero attached hydrogens (tertiary/aromatic N) is 2. The molecule has 0 fully saturated rings. The molecule has 0 bridgehead atoms. The number of nitrogens with one attached hydrogen (secondary N) is 2. The summed E-state index contributed by atoms with van der Waals surface area (Å²) in [5, 5.41) is 0. The summed E-state index contributed by atoms with van der Waals surface area (Å²) in [4.78, 5) is 14.5. The molecular weight excluding hydrogens is 288 g/mol. The van der Waals surface area contributed by atoms with Crippen LogP contribution in [-0.2, 0) is 4.74 Å². The second-order valence-corrected chi connectivity index (χ2v) is 5.44. The van der Waals surface area contributed by atoms with E-state index in [0.29, 0.717) is 25.0 Å². The zero-order valence-corrected chi connectivity index (χ0v) is 13.9. The molecule has 0 aliphatic heterocycles. The quantitative estimate of drug-likeness (QED) is 0.515. The third kappa shape index (κ3) is 5.53. The van der Waals surface area contributed by atoms with E-state index in [1.54, 1.807) is 12.7 Å². The van der Waals surface area contributed by atoms with Gasteiger partial charge in [-0.15, -0.1) is 0 Å². The molecule has 2 aromatic heterocycles. The predicted molar refractivity (Wildman–Crippen MR) is 92.3 cm³/mol. The van der Waals surface area contributed by atoms with E-state index >= 15 is 0 Å². The lowest BCUT2D eigenvalue weighted by Crippen LogP contribution is -1.97. The highest BCUT2D eigenvalue weighted by Crippen LogP contribution is 2.18. The summed E-state index contributed by atoms with van der Waals surface area (Å²) in [5.41, 5.74) is 2.29. The van der Waals surface area contributed by atoms with Gasteiger partial charge in [0.05, 0.1) is 25.9 Å². The van der Waals surface area contributed by atoms with Gasteiger partial charge in [0, 0.05) is 35.6 Å². The lowest BCUT2D eigenvalue weighted by Gasteiger charge is -2.07. The Hall–Kier alpha value is -2.14. The Morgan fingerprint density at radius 1 is 0.913 bits per heavy atom. The molecule has 0 aliphatic rings. The maximum Gasteiger partial charge on any atom is 0.0921 e. The van der Waals surface area contributed by atoms with Crippen molar-refractivity contribution < 1.29 is 4.74 Å². The first-order valence-corrected chi connectivity index (χ1v) is 8.22. The largest absolute Gasteiger partial charge is 0.373 e. The zero-order valence-electron chi connectivity index (χ0n) is 13.9. The van der Waals surface area contributed by atoms with Gasteiger partial charge in [-0.2, -0.15) is 0 Å². The van der Waals surface area contributed by atoms with Gasteiger partial charge in [-0.05, 0) is 12.8 Å². The van der Waals surface area contributed by atoms with Crippen LogP contribution in [0.2, 0.25) is 0 Å². The maximum atomic E-state index is 5.63. The minimum absolute atomic E-state index is 0.376. The van der Waals surface area contributed by atoms with Gasteiger partial charge < -0.3 is 14.7 Å². The fraction of sp³-hybridized carbons (Fsp3) is 0.444. The number of allylic oxidation sites excluding steroid dienone is 2. The zero-order chi connectivity index (χ0) is 16.3. The summed E-state index contributed by atoms with van der Waals surface area (Å²) < 4.78 is 5.63.